The molecule has 0 amide bonds. The molecule has 0 spiro atoms. The largest absolute Gasteiger partial charge is 0.280 e. The van der Waals surface area contributed by atoms with E-state index in [1.807, 2.05) is 0 Å². The molecule has 11 heteroatoms. The summed E-state index contributed by atoms with van der Waals surface area (Å²) in [5.41, 5.74) is 0.313. The first-order valence-electron chi connectivity index (χ1n) is 7.93. The van der Waals surface area contributed by atoms with Crippen LogP contribution in [0.4, 0.5) is 15.8 Å². The molecule has 0 aliphatic rings. The standard InChI is InChI=1S/C18H13Cl2FN2O4S2/c19-12-1-10-17(20)18(11-12)29(26,27)23-15-6-8-16(9-7-15)28(24,25)22-14-4-2-13(21)3-5-14/h1-11,22-23H. The minimum atomic E-state index is -4.03. The van der Waals surface area contributed by atoms with Gasteiger partial charge in [-0.15, -0.1) is 0 Å². The van der Waals surface area contributed by atoms with Gasteiger partial charge in [0.05, 0.1) is 9.92 Å². The van der Waals surface area contributed by atoms with Crippen molar-refractivity contribution in [1.82, 2.24) is 0 Å². The lowest BCUT2D eigenvalue weighted by molar-refractivity contribution is 0.600. The Balaban J connectivity index is 1.81. The van der Waals surface area contributed by atoms with Crippen LogP contribution < -0.4 is 9.44 Å². The van der Waals surface area contributed by atoms with Crippen LogP contribution in [0.1, 0.15) is 0 Å². The van der Waals surface area contributed by atoms with E-state index in [1.54, 1.807) is 0 Å². The first-order chi connectivity index (χ1) is 13.6. The van der Waals surface area contributed by atoms with Crippen LogP contribution in [0.25, 0.3) is 0 Å². The number of sulfonamides is 2. The van der Waals surface area contributed by atoms with Gasteiger partial charge >= 0.3 is 0 Å². The van der Waals surface area contributed by atoms with Crippen molar-refractivity contribution in [2.45, 2.75) is 9.79 Å². The van der Waals surface area contributed by atoms with E-state index < -0.39 is 25.9 Å². The number of halogens is 3. The van der Waals surface area contributed by atoms with E-state index >= 15 is 0 Å². The summed E-state index contributed by atoms with van der Waals surface area (Å²) in [6.07, 6.45) is 0. The van der Waals surface area contributed by atoms with Gasteiger partial charge in [0.15, 0.2) is 0 Å². The summed E-state index contributed by atoms with van der Waals surface area (Å²) in [5.74, 6) is -0.496. The SMILES string of the molecule is O=S(=O)(Nc1ccc(F)cc1)c1ccc(NS(=O)(=O)c2cc(Cl)ccc2Cl)cc1. The predicted molar refractivity (Wildman–Crippen MR) is 111 cm³/mol. The monoisotopic (exact) mass is 474 g/mol. The highest BCUT2D eigenvalue weighted by molar-refractivity contribution is 7.93. The van der Waals surface area contributed by atoms with Crippen molar-refractivity contribution in [1.29, 1.82) is 0 Å². The smallest absolute Gasteiger partial charge is 0.263 e. The fourth-order valence-electron chi connectivity index (χ4n) is 2.33. The van der Waals surface area contributed by atoms with Crippen molar-refractivity contribution in [2.75, 3.05) is 9.44 Å². The molecule has 2 N–H and O–H groups in total. The molecule has 152 valence electrons. The van der Waals surface area contributed by atoms with Gasteiger partial charge in [0.1, 0.15) is 10.7 Å². The summed E-state index contributed by atoms with van der Waals surface area (Å²) in [4.78, 5) is -0.313. The molecule has 0 aliphatic carbocycles. The first kappa shape index (κ1) is 21.4. The van der Waals surface area contributed by atoms with E-state index in [-0.39, 0.29) is 31.2 Å². The molecule has 0 aromatic heterocycles. The van der Waals surface area contributed by atoms with Crippen LogP contribution >= 0.6 is 23.2 Å². The van der Waals surface area contributed by atoms with E-state index in [0.29, 0.717) is 0 Å². The average Bonchev–Trinajstić information content (AvgIpc) is 2.65. The van der Waals surface area contributed by atoms with Crippen molar-refractivity contribution in [2.24, 2.45) is 0 Å². The maximum absolute atomic E-state index is 12.9. The Morgan fingerprint density at radius 3 is 1.79 bits per heavy atom. The molecule has 0 atom stereocenters. The Labute approximate surface area is 177 Å². The quantitative estimate of drug-likeness (QED) is 0.539. The highest BCUT2D eigenvalue weighted by Gasteiger charge is 2.20. The van der Waals surface area contributed by atoms with E-state index in [4.69, 9.17) is 23.2 Å². The van der Waals surface area contributed by atoms with Crippen LogP contribution in [0.15, 0.2) is 76.5 Å². The zero-order valence-corrected chi connectivity index (χ0v) is 17.6. The highest BCUT2D eigenvalue weighted by Crippen LogP contribution is 2.27. The zero-order valence-electron chi connectivity index (χ0n) is 14.4. The van der Waals surface area contributed by atoms with Gasteiger partial charge in [-0.1, -0.05) is 23.2 Å². The molecule has 3 rings (SSSR count). The summed E-state index contributed by atoms with van der Waals surface area (Å²) < 4.78 is 67.4. The first-order valence-corrected chi connectivity index (χ1v) is 11.7. The van der Waals surface area contributed by atoms with Crippen molar-refractivity contribution < 1.29 is 21.2 Å². The summed E-state index contributed by atoms with van der Waals surface area (Å²) >= 11 is 11.8. The Morgan fingerprint density at radius 2 is 1.21 bits per heavy atom. The molecule has 0 saturated carbocycles. The van der Waals surface area contributed by atoms with Crippen LogP contribution in [-0.2, 0) is 20.0 Å². The highest BCUT2D eigenvalue weighted by atomic mass is 35.5. The lowest BCUT2D eigenvalue weighted by Crippen LogP contribution is -2.15. The van der Waals surface area contributed by atoms with Crippen molar-refractivity contribution in [3.63, 3.8) is 0 Å². The molecule has 3 aromatic carbocycles. The van der Waals surface area contributed by atoms with Gasteiger partial charge in [-0.05, 0) is 66.7 Å². The maximum atomic E-state index is 12.9. The molecule has 0 bridgehead atoms. The third-order valence-corrected chi connectivity index (χ3v) is 7.19. The van der Waals surface area contributed by atoms with Crippen LogP contribution in [0, 0.1) is 5.82 Å². The number of rotatable bonds is 6. The molecule has 0 fully saturated rings. The van der Waals surface area contributed by atoms with Crippen LogP contribution in [0.5, 0.6) is 0 Å². The molecule has 0 saturated heterocycles. The van der Waals surface area contributed by atoms with Gasteiger partial charge in [-0.3, -0.25) is 9.44 Å². The average molecular weight is 475 g/mol. The molecule has 0 aliphatic heterocycles. The van der Waals surface area contributed by atoms with Crippen LogP contribution in [0.3, 0.4) is 0 Å². The molecule has 0 unspecified atom stereocenters. The minimum Gasteiger partial charge on any atom is -0.280 e. The van der Waals surface area contributed by atoms with Gasteiger partial charge in [0.25, 0.3) is 20.0 Å². The molecule has 29 heavy (non-hydrogen) atoms. The second kappa shape index (κ2) is 8.19. The number of benzene rings is 3. The number of hydrogen-bond acceptors (Lipinski definition) is 4. The van der Waals surface area contributed by atoms with Gasteiger partial charge < -0.3 is 0 Å². The Bertz CT molecular complexity index is 1250. The minimum absolute atomic E-state index is 0.00963. The van der Waals surface area contributed by atoms with Gasteiger partial charge in [0.2, 0.25) is 0 Å². The second-order valence-electron chi connectivity index (χ2n) is 5.82. The third kappa shape index (κ3) is 5.18. The second-order valence-corrected chi connectivity index (χ2v) is 9.99. The summed E-state index contributed by atoms with van der Waals surface area (Å²) in [7, 11) is -7.97. The molecular weight excluding hydrogens is 462 g/mol. The lowest BCUT2D eigenvalue weighted by atomic mass is 10.3. The number of hydrogen-bond donors (Lipinski definition) is 2. The van der Waals surface area contributed by atoms with Gasteiger partial charge in [0, 0.05) is 16.4 Å². The van der Waals surface area contributed by atoms with E-state index in [0.717, 1.165) is 12.1 Å². The van der Waals surface area contributed by atoms with E-state index in [9.17, 15) is 21.2 Å². The number of nitrogens with one attached hydrogen (secondary N) is 2. The van der Waals surface area contributed by atoms with E-state index in [2.05, 4.69) is 9.44 Å². The normalized spacial score (nSPS) is 11.8. The van der Waals surface area contributed by atoms with Crippen molar-refractivity contribution in [3.05, 3.63) is 82.6 Å². The van der Waals surface area contributed by atoms with Crippen LogP contribution in [0.2, 0.25) is 10.0 Å². The van der Waals surface area contributed by atoms with E-state index in [1.165, 1.54) is 54.6 Å². The predicted octanol–water partition coefficient (Wildman–Crippen LogP) is 4.73. The fraction of sp³-hybridized carbons (Fsp3) is 0. The zero-order chi connectivity index (χ0) is 21.2. The molecule has 3 aromatic rings. The fourth-order valence-corrected chi connectivity index (χ4v) is 5.21. The molecule has 0 radical (unpaired) electrons. The molecule has 6 nitrogen and oxygen atoms in total. The van der Waals surface area contributed by atoms with Crippen molar-refractivity contribution >= 4 is 54.6 Å². The lowest BCUT2D eigenvalue weighted by Gasteiger charge is -2.11. The summed E-state index contributed by atoms with van der Waals surface area (Å²) in [6, 6.07) is 13.8. The maximum Gasteiger partial charge on any atom is 0.263 e. The summed E-state index contributed by atoms with van der Waals surface area (Å²) in [5, 5.41) is 0.188. The molecule has 0 heterocycles. The number of anilines is 2. The Hall–Kier alpha value is -2.33. The third-order valence-electron chi connectivity index (χ3n) is 3.70. The Kier molecular flexibility index (Phi) is 6.04. The summed E-state index contributed by atoms with van der Waals surface area (Å²) in [6.45, 7) is 0. The van der Waals surface area contributed by atoms with Gasteiger partial charge in [-0.25, -0.2) is 21.2 Å². The molecular formula is C18H13Cl2FN2O4S2. The topological polar surface area (TPSA) is 92.3 Å². The van der Waals surface area contributed by atoms with Crippen molar-refractivity contribution in [3.8, 4) is 0 Å². The van der Waals surface area contributed by atoms with Gasteiger partial charge in [-0.2, -0.15) is 0 Å². The Morgan fingerprint density at radius 1 is 0.690 bits per heavy atom. The van der Waals surface area contributed by atoms with Crippen LogP contribution in [-0.4, -0.2) is 16.8 Å².